The first-order valence-corrected chi connectivity index (χ1v) is 13.0. The third-order valence-corrected chi connectivity index (χ3v) is 7.49. The number of hydrogen-bond acceptors (Lipinski definition) is 4. The Labute approximate surface area is 197 Å². The van der Waals surface area contributed by atoms with Crippen molar-refractivity contribution in [3.05, 3.63) is 59.9 Å². The Hall–Kier alpha value is -2.63. The smallest absolute Gasteiger partial charge is 0.242 e. The van der Waals surface area contributed by atoms with Gasteiger partial charge in [-0.15, -0.1) is 5.10 Å². The first-order chi connectivity index (χ1) is 16.3. The SMILES string of the molecule is Cc1cn(C2CCCCC(Nc3nc4n(n3)CCCCC4c3ccccc3)CCCC2)cn1. The summed E-state index contributed by atoms with van der Waals surface area (Å²) in [6.45, 7) is 3.06. The van der Waals surface area contributed by atoms with Gasteiger partial charge in [-0.05, 0) is 51.0 Å². The standard InChI is InChI=1S/C27H38N6/c1-21-19-32(20-28-21)24-15-7-5-13-23(14-6-8-16-24)29-27-30-26-25(22-11-3-2-4-12-22)17-9-10-18-33(26)31-27/h2-4,11-12,19-20,23-25H,5-10,13-18H2,1H3,(H,29,31). The Balaban J connectivity index is 1.23. The summed E-state index contributed by atoms with van der Waals surface area (Å²) in [4.78, 5) is 9.48. The Bertz CT molecular complexity index is 995. The largest absolute Gasteiger partial charge is 0.350 e. The van der Waals surface area contributed by atoms with Gasteiger partial charge >= 0.3 is 0 Å². The molecule has 0 saturated heterocycles. The predicted octanol–water partition coefficient (Wildman–Crippen LogP) is 6.26. The molecular formula is C27H38N6. The van der Waals surface area contributed by atoms with Gasteiger partial charge in [0, 0.05) is 30.7 Å². The van der Waals surface area contributed by atoms with Gasteiger partial charge in [0.25, 0.3) is 0 Å². The van der Waals surface area contributed by atoms with Crippen molar-refractivity contribution in [3.8, 4) is 0 Å². The molecule has 1 atom stereocenters. The number of benzene rings is 1. The lowest BCUT2D eigenvalue weighted by atomic mass is 9.94. The van der Waals surface area contributed by atoms with E-state index in [0.29, 0.717) is 18.0 Å². The Kier molecular flexibility index (Phi) is 7.08. The third-order valence-electron chi connectivity index (χ3n) is 7.49. The molecule has 2 aliphatic rings. The Morgan fingerprint density at radius 3 is 2.33 bits per heavy atom. The van der Waals surface area contributed by atoms with Crippen molar-refractivity contribution in [2.24, 2.45) is 0 Å². The quantitative estimate of drug-likeness (QED) is 0.514. The van der Waals surface area contributed by atoms with E-state index in [1.54, 1.807) is 0 Å². The maximum Gasteiger partial charge on any atom is 0.242 e. The lowest BCUT2D eigenvalue weighted by Crippen LogP contribution is -2.21. The summed E-state index contributed by atoms with van der Waals surface area (Å²) < 4.78 is 4.52. The van der Waals surface area contributed by atoms with E-state index in [9.17, 15) is 0 Å². The summed E-state index contributed by atoms with van der Waals surface area (Å²) in [5.41, 5.74) is 2.48. The number of hydrogen-bond donors (Lipinski definition) is 1. The maximum atomic E-state index is 5.04. The minimum absolute atomic E-state index is 0.351. The maximum absolute atomic E-state index is 5.04. The highest BCUT2D eigenvalue weighted by atomic mass is 15.4. The van der Waals surface area contributed by atoms with Crippen LogP contribution in [0.25, 0.3) is 0 Å². The number of anilines is 1. The van der Waals surface area contributed by atoms with Crippen molar-refractivity contribution in [3.63, 3.8) is 0 Å². The molecule has 1 N–H and O–H groups in total. The molecule has 176 valence electrons. The summed E-state index contributed by atoms with van der Waals surface area (Å²) in [7, 11) is 0. The van der Waals surface area contributed by atoms with Gasteiger partial charge in [0.1, 0.15) is 5.82 Å². The first kappa shape index (κ1) is 22.2. The average Bonchev–Trinajstić information content (AvgIpc) is 3.39. The zero-order valence-corrected chi connectivity index (χ0v) is 20.0. The number of aromatic nitrogens is 5. The highest BCUT2D eigenvalue weighted by Gasteiger charge is 2.25. The number of aryl methyl sites for hydroxylation is 2. The van der Waals surface area contributed by atoms with Gasteiger partial charge in [-0.1, -0.05) is 62.4 Å². The van der Waals surface area contributed by atoms with Crippen LogP contribution in [0.5, 0.6) is 0 Å². The van der Waals surface area contributed by atoms with Gasteiger partial charge in [-0.25, -0.2) is 9.67 Å². The molecule has 1 aromatic carbocycles. The number of imidazole rings is 1. The molecule has 3 aromatic rings. The molecule has 5 rings (SSSR count). The molecule has 1 saturated carbocycles. The van der Waals surface area contributed by atoms with Crippen molar-refractivity contribution in [2.45, 2.75) is 102 Å². The van der Waals surface area contributed by atoms with Crippen LogP contribution in [0, 0.1) is 6.92 Å². The number of nitrogens with one attached hydrogen (secondary N) is 1. The Morgan fingerprint density at radius 2 is 1.61 bits per heavy atom. The molecule has 1 unspecified atom stereocenters. The van der Waals surface area contributed by atoms with Crippen molar-refractivity contribution >= 4 is 5.95 Å². The van der Waals surface area contributed by atoms with Crippen LogP contribution in [0.1, 0.15) is 99.7 Å². The van der Waals surface area contributed by atoms with Crippen LogP contribution in [0.15, 0.2) is 42.9 Å². The molecule has 0 spiro atoms. The van der Waals surface area contributed by atoms with Crippen molar-refractivity contribution in [2.75, 3.05) is 5.32 Å². The lowest BCUT2D eigenvalue weighted by molar-refractivity contribution is 0.374. The van der Waals surface area contributed by atoms with Crippen molar-refractivity contribution in [1.29, 1.82) is 0 Å². The van der Waals surface area contributed by atoms with Crippen LogP contribution >= 0.6 is 0 Å². The van der Waals surface area contributed by atoms with Gasteiger partial charge in [-0.3, -0.25) is 0 Å². The second-order valence-electron chi connectivity index (χ2n) is 10.0. The molecule has 6 heteroatoms. The van der Waals surface area contributed by atoms with Gasteiger partial charge < -0.3 is 9.88 Å². The highest BCUT2D eigenvalue weighted by Crippen LogP contribution is 2.32. The fraction of sp³-hybridized carbons (Fsp3) is 0.593. The molecule has 3 heterocycles. The summed E-state index contributed by atoms with van der Waals surface area (Å²) in [6.07, 6.45) is 17.7. The first-order valence-electron chi connectivity index (χ1n) is 13.0. The molecular weight excluding hydrogens is 408 g/mol. The average molecular weight is 447 g/mol. The summed E-state index contributed by atoms with van der Waals surface area (Å²) >= 11 is 0. The van der Waals surface area contributed by atoms with E-state index in [4.69, 9.17) is 10.1 Å². The zero-order chi connectivity index (χ0) is 22.5. The molecule has 2 aromatic heterocycles. The van der Waals surface area contributed by atoms with Gasteiger partial charge in [-0.2, -0.15) is 4.98 Å². The topological polar surface area (TPSA) is 60.6 Å². The van der Waals surface area contributed by atoms with Crippen molar-refractivity contribution < 1.29 is 0 Å². The molecule has 1 fully saturated rings. The monoisotopic (exact) mass is 446 g/mol. The van der Waals surface area contributed by atoms with Crippen LogP contribution in [0.2, 0.25) is 0 Å². The highest BCUT2D eigenvalue weighted by molar-refractivity contribution is 5.31. The summed E-state index contributed by atoms with van der Waals surface area (Å²) in [5.74, 6) is 2.32. The molecule has 0 amide bonds. The second-order valence-corrected chi connectivity index (χ2v) is 10.0. The van der Waals surface area contributed by atoms with E-state index in [-0.39, 0.29) is 0 Å². The fourth-order valence-electron chi connectivity index (χ4n) is 5.67. The number of rotatable bonds is 4. The van der Waals surface area contributed by atoms with E-state index in [2.05, 4.69) is 63.0 Å². The molecule has 1 aliphatic carbocycles. The van der Waals surface area contributed by atoms with Gasteiger partial charge in [0.05, 0.1) is 12.0 Å². The van der Waals surface area contributed by atoms with Crippen LogP contribution in [0.4, 0.5) is 5.95 Å². The minimum atomic E-state index is 0.351. The molecule has 0 radical (unpaired) electrons. The second kappa shape index (κ2) is 10.5. The van der Waals surface area contributed by atoms with Gasteiger partial charge in [0.15, 0.2) is 0 Å². The van der Waals surface area contributed by atoms with E-state index in [1.807, 2.05) is 6.33 Å². The fourth-order valence-corrected chi connectivity index (χ4v) is 5.67. The van der Waals surface area contributed by atoms with E-state index in [0.717, 1.165) is 30.4 Å². The lowest BCUT2D eigenvalue weighted by Gasteiger charge is -2.23. The number of nitrogens with zero attached hydrogens (tertiary/aromatic N) is 5. The van der Waals surface area contributed by atoms with Crippen LogP contribution in [0.3, 0.4) is 0 Å². The minimum Gasteiger partial charge on any atom is -0.350 e. The molecule has 1 aliphatic heterocycles. The Morgan fingerprint density at radius 1 is 0.879 bits per heavy atom. The van der Waals surface area contributed by atoms with Crippen LogP contribution < -0.4 is 5.32 Å². The molecule has 0 bridgehead atoms. The normalized spacial score (nSPS) is 24.6. The molecule has 33 heavy (non-hydrogen) atoms. The summed E-state index contributed by atoms with van der Waals surface area (Å²) in [5, 5.41) is 8.65. The predicted molar refractivity (Wildman–Crippen MR) is 133 cm³/mol. The van der Waals surface area contributed by atoms with Crippen LogP contribution in [-0.2, 0) is 6.54 Å². The van der Waals surface area contributed by atoms with Gasteiger partial charge in [0.2, 0.25) is 5.95 Å². The van der Waals surface area contributed by atoms with E-state index >= 15 is 0 Å². The van der Waals surface area contributed by atoms with E-state index < -0.39 is 0 Å². The third kappa shape index (κ3) is 5.48. The number of fused-ring (bicyclic) bond motifs is 1. The van der Waals surface area contributed by atoms with Crippen molar-refractivity contribution in [1.82, 2.24) is 24.3 Å². The summed E-state index contributed by atoms with van der Waals surface area (Å²) in [6, 6.07) is 11.9. The zero-order valence-electron chi connectivity index (χ0n) is 20.0. The van der Waals surface area contributed by atoms with Crippen LogP contribution in [-0.4, -0.2) is 30.4 Å². The molecule has 6 nitrogen and oxygen atoms in total. The van der Waals surface area contributed by atoms with E-state index in [1.165, 1.54) is 69.8 Å².